The fourth-order valence-electron chi connectivity index (χ4n) is 4.14. The maximum Gasteiger partial charge on any atom is 0.0939 e. The number of rotatable bonds is 3. The molecule has 126 valence electrons. The lowest BCUT2D eigenvalue weighted by Gasteiger charge is -2.37. The second kappa shape index (κ2) is 5.81. The molecule has 25 heavy (non-hydrogen) atoms. The number of fused-ring (bicyclic) bond motifs is 1. The van der Waals surface area contributed by atoms with Gasteiger partial charge in [0.2, 0.25) is 0 Å². The topological polar surface area (TPSA) is 47.0 Å². The molecule has 0 bridgehead atoms. The van der Waals surface area contributed by atoms with E-state index in [0.717, 1.165) is 35.2 Å². The molecule has 1 saturated heterocycles. The Morgan fingerprint density at radius 2 is 2.00 bits per heavy atom. The molecule has 2 aromatic heterocycles. The van der Waals surface area contributed by atoms with Gasteiger partial charge in [0.15, 0.2) is 0 Å². The SMILES string of the molecule is c1cncc(-c2ccc(NC3COC4(CCC4)C3)c3ncccc23)c1. The number of hydrogen-bond donors (Lipinski definition) is 1. The van der Waals surface area contributed by atoms with E-state index < -0.39 is 0 Å². The van der Waals surface area contributed by atoms with E-state index in [1.54, 1.807) is 6.20 Å². The van der Waals surface area contributed by atoms with Crippen LogP contribution in [0.3, 0.4) is 0 Å². The van der Waals surface area contributed by atoms with Gasteiger partial charge < -0.3 is 10.1 Å². The van der Waals surface area contributed by atoms with Crippen molar-refractivity contribution in [3.63, 3.8) is 0 Å². The van der Waals surface area contributed by atoms with Gasteiger partial charge in [0.25, 0.3) is 0 Å². The summed E-state index contributed by atoms with van der Waals surface area (Å²) in [5, 5.41) is 4.83. The smallest absolute Gasteiger partial charge is 0.0939 e. The van der Waals surface area contributed by atoms with Gasteiger partial charge in [-0.1, -0.05) is 18.2 Å². The Labute approximate surface area is 147 Å². The summed E-state index contributed by atoms with van der Waals surface area (Å²) >= 11 is 0. The molecule has 4 heteroatoms. The first kappa shape index (κ1) is 14.8. The van der Waals surface area contributed by atoms with E-state index in [9.17, 15) is 0 Å². The van der Waals surface area contributed by atoms with Crippen LogP contribution in [0.4, 0.5) is 5.69 Å². The third-order valence-electron chi connectivity index (χ3n) is 5.58. The summed E-state index contributed by atoms with van der Waals surface area (Å²) in [6, 6.07) is 12.9. The van der Waals surface area contributed by atoms with Crippen molar-refractivity contribution >= 4 is 16.6 Å². The van der Waals surface area contributed by atoms with Crippen molar-refractivity contribution in [2.45, 2.75) is 37.3 Å². The Balaban J connectivity index is 1.50. The van der Waals surface area contributed by atoms with Gasteiger partial charge in [0, 0.05) is 29.5 Å². The Morgan fingerprint density at radius 1 is 1.08 bits per heavy atom. The lowest BCUT2D eigenvalue weighted by Crippen LogP contribution is -2.36. The number of ether oxygens (including phenoxy) is 1. The van der Waals surface area contributed by atoms with Crippen LogP contribution in [0.25, 0.3) is 22.0 Å². The number of nitrogens with zero attached hydrogens (tertiary/aromatic N) is 2. The highest BCUT2D eigenvalue weighted by molar-refractivity contribution is 6.01. The van der Waals surface area contributed by atoms with E-state index in [0.29, 0.717) is 6.04 Å². The van der Waals surface area contributed by atoms with Gasteiger partial charge in [-0.05, 0) is 49.4 Å². The van der Waals surface area contributed by atoms with Crippen LogP contribution in [0.5, 0.6) is 0 Å². The first-order chi connectivity index (χ1) is 12.3. The van der Waals surface area contributed by atoms with E-state index in [4.69, 9.17) is 4.74 Å². The van der Waals surface area contributed by atoms with Crippen molar-refractivity contribution in [3.05, 3.63) is 55.0 Å². The van der Waals surface area contributed by atoms with Gasteiger partial charge >= 0.3 is 0 Å². The summed E-state index contributed by atoms with van der Waals surface area (Å²) in [6.07, 6.45) is 10.4. The summed E-state index contributed by atoms with van der Waals surface area (Å²) in [6.45, 7) is 0.790. The van der Waals surface area contributed by atoms with E-state index in [1.807, 2.05) is 24.5 Å². The van der Waals surface area contributed by atoms with E-state index in [-0.39, 0.29) is 5.60 Å². The van der Waals surface area contributed by atoms with Gasteiger partial charge in [-0.15, -0.1) is 0 Å². The molecule has 1 spiro atoms. The second-order valence-electron chi connectivity index (χ2n) is 7.19. The molecule has 0 amide bonds. The predicted molar refractivity (Wildman–Crippen MR) is 99.5 cm³/mol. The maximum absolute atomic E-state index is 6.08. The highest BCUT2D eigenvalue weighted by atomic mass is 16.5. The van der Waals surface area contributed by atoms with Crippen molar-refractivity contribution in [2.24, 2.45) is 0 Å². The molecule has 3 heterocycles. The average molecular weight is 331 g/mol. The van der Waals surface area contributed by atoms with Crippen molar-refractivity contribution in [1.82, 2.24) is 9.97 Å². The molecule has 1 N–H and O–H groups in total. The first-order valence-electron chi connectivity index (χ1n) is 9.02. The van der Waals surface area contributed by atoms with Crippen LogP contribution in [0, 0.1) is 0 Å². The second-order valence-corrected chi connectivity index (χ2v) is 7.19. The lowest BCUT2D eigenvalue weighted by molar-refractivity contribution is -0.0562. The predicted octanol–water partition coefficient (Wildman–Crippen LogP) is 4.42. The molecule has 1 unspecified atom stereocenters. The van der Waals surface area contributed by atoms with E-state index >= 15 is 0 Å². The van der Waals surface area contributed by atoms with Crippen molar-refractivity contribution < 1.29 is 4.74 Å². The van der Waals surface area contributed by atoms with Crippen LogP contribution >= 0.6 is 0 Å². The normalized spacial score (nSPS) is 21.4. The van der Waals surface area contributed by atoms with Crippen molar-refractivity contribution in [1.29, 1.82) is 0 Å². The molecule has 1 aliphatic carbocycles. The summed E-state index contributed by atoms with van der Waals surface area (Å²) in [7, 11) is 0. The summed E-state index contributed by atoms with van der Waals surface area (Å²) in [4.78, 5) is 8.91. The molecule has 1 atom stereocenters. The van der Waals surface area contributed by atoms with Crippen LogP contribution < -0.4 is 5.32 Å². The van der Waals surface area contributed by atoms with Crippen LogP contribution in [0.2, 0.25) is 0 Å². The largest absolute Gasteiger partial charge is 0.378 e. The number of benzene rings is 1. The first-order valence-corrected chi connectivity index (χ1v) is 9.02. The van der Waals surface area contributed by atoms with Crippen LogP contribution in [0.15, 0.2) is 55.0 Å². The zero-order valence-electron chi connectivity index (χ0n) is 14.1. The monoisotopic (exact) mass is 331 g/mol. The lowest BCUT2D eigenvalue weighted by atomic mass is 9.77. The van der Waals surface area contributed by atoms with Gasteiger partial charge in [0.1, 0.15) is 0 Å². The minimum Gasteiger partial charge on any atom is -0.378 e. The summed E-state index contributed by atoms with van der Waals surface area (Å²) in [5.41, 5.74) is 4.55. The van der Waals surface area contributed by atoms with Crippen LogP contribution in [-0.4, -0.2) is 28.2 Å². The number of aromatic nitrogens is 2. The molecule has 2 fully saturated rings. The Kier molecular flexibility index (Phi) is 3.45. The third kappa shape index (κ3) is 2.57. The van der Waals surface area contributed by atoms with Crippen molar-refractivity contribution in [2.75, 3.05) is 11.9 Å². The Bertz CT molecular complexity index is 905. The fraction of sp³-hybridized carbons (Fsp3) is 0.333. The molecule has 1 saturated carbocycles. The molecule has 2 aliphatic rings. The van der Waals surface area contributed by atoms with Gasteiger partial charge in [-0.3, -0.25) is 9.97 Å². The maximum atomic E-state index is 6.08. The number of hydrogen-bond acceptors (Lipinski definition) is 4. The van der Waals surface area contributed by atoms with Gasteiger partial charge in [-0.25, -0.2) is 0 Å². The van der Waals surface area contributed by atoms with Crippen molar-refractivity contribution in [3.8, 4) is 11.1 Å². The highest BCUT2D eigenvalue weighted by Gasteiger charge is 2.45. The third-order valence-corrected chi connectivity index (χ3v) is 5.58. The average Bonchev–Trinajstić information content (AvgIpc) is 3.08. The fourth-order valence-corrected chi connectivity index (χ4v) is 4.14. The summed E-state index contributed by atoms with van der Waals surface area (Å²) in [5.74, 6) is 0. The zero-order chi connectivity index (χ0) is 16.7. The Morgan fingerprint density at radius 3 is 2.76 bits per heavy atom. The van der Waals surface area contributed by atoms with Crippen LogP contribution in [0.1, 0.15) is 25.7 Å². The van der Waals surface area contributed by atoms with E-state index in [2.05, 4.69) is 39.6 Å². The quantitative estimate of drug-likeness (QED) is 0.772. The van der Waals surface area contributed by atoms with Crippen LogP contribution in [-0.2, 0) is 4.74 Å². The zero-order valence-corrected chi connectivity index (χ0v) is 14.1. The number of nitrogens with one attached hydrogen (secondary N) is 1. The van der Waals surface area contributed by atoms with E-state index in [1.165, 1.54) is 24.8 Å². The molecule has 1 aliphatic heterocycles. The summed E-state index contributed by atoms with van der Waals surface area (Å²) < 4.78 is 6.08. The molecule has 0 radical (unpaired) electrons. The molecular weight excluding hydrogens is 310 g/mol. The number of anilines is 1. The van der Waals surface area contributed by atoms with Gasteiger partial charge in [-0.2, -0.15) is 0 Å². The Hall–Kier alpha value is -2.46. The molecule has 1 aromatic carbocycles. The molecule has 3 aromatic rings. The molecule has 4 nitrogen and oxygen atoms in total. The minimum atomic E-state index is 0.163. The minimum absolute atomic E-state index is 0.163. The molecular formula is C21H21N3O. The number of pyridine rings is 2. The van der Waals surface area contributed by atoms with Gasteiger partial charge in [0.05, 0.1) is 29.5 Å². The highest BCUT2D eigenvalue weighted by Crippen LogP contribution is 2.44. The molecule has 5 rings (SSSR count). The standard InChI is InChI=1S/C21H21N3O/c1-4-15(13-22-10-1)17-6-7-19(20-18(17)5-2-11-23-20)24-16-12-21(25-14-16)8-3-9-21/h1-2,4-7,10-11,13,16,24H,3,8-9,12,14H2.